The molecule has 1 aliphatic heterocycles. The second-order valence-electron chi connectivity index (χ2n) is 7.55. The minimum absolute atomic E-state index is 0.113. The highest BCUT2D eigenvalue weighted by molar-refractivity contribution is 5.77. The average Bonchev–Trinajstić information content (AvgIpc) is 3.46. The summed E-state index contributed by atoms with van der Waals surface area (Å²) in [5.74, 6) is 1.48. The fourth-order valence-corrected chi connectivity index (χ4v) is 3.43. The maximum Gasteiger partial charge on any atom is 0.233 e. The number of likely N-dealkylation sites (tertiary alicyclic amines) is 1. The second kappa shape index (κ2) is 9.32. The first-order valence-electron chi connectivity index (χ1n) is 9.63. The predicted molar refractivity (Wildman–Crippen MR) is 99.2 cm³/mol. The fraction of sp³-hybridized carbons (Fsp3) is 0.650. The van der Waals surface area contributed by atoms with Gasteiger partial charge in [0.15, 0.2) is 0 Å². The monoisotopic (exact) mass is 345 g/mol. The van der Waals surface area contributed by atoms with Crippen molar-refractivity contribution < 1.29 is 9.90 Å². The summed E-state index contributed by atoms with van der Waals surface area (Å²) >= 11 is 0. The molecule has 3 N–H and O–H groups in total. The molecule has 0 spiro atoms. The van der Waals surface area contributed by atoms with E-state index in [1.54, 1.807) is 0 Å². The van der Waals surface area contributed by atoms with E-state index < -0.39 is 6.10 Å². The van der Waals surface area contributed by atoms with Crippen molar-refractivity contribution in [2.24, 2.45) is 11.8 Å². The molecule has 0 bridgehead atoms. The average molecular weight is 345 g/mol. The number of hydrogen-bond donors (Lipinski definition) is 3. The number of piperidine rings is 1. The maximum atomic E-state index is 11.8. The smallest absolute Gasteiger partial charge is 0.233 e. The first kappa shape index (κ1) is 18.4. The van der Waals surface area contributed by atoms with Crippen molar-refractivity contribution in [2.45, 2.75) is 31.8 Å². The van der Waals surface area contributed by atoms with E-state index in [2.05, 4.69) is 15.5 Å². The molecule has 1 heterocycles. The van der Waals surface area contributed by atoms with Gasteiger partial charge in [-0.2, -0.15) is 0 Å². The molecule has 1 saturated carbocycles. The number of β-amino-alcohol motifs (C(OH)–C–C–N with tert-alkyl or cyclic N) is 1. The minimum Gasteiger partial charge on any atom is -0.387 e. The third-order valence-electron chi connectivity index (χ3n) is 5.33. The molecule has 5 nitrogen and oxygen atoms in total. The van der Waals surface area contributed by atoms with Crippen LogP contribution in [-0.4, -0.2) is 55.2 Å². The number of benzene rings is 1. The lowest BCUT2D eigenvalue weighted by molar-refractivity contribution is -0.120. The van der Waals surface area contributed by atoms with Gasteiger partial charge in [0, 0.05) is 13.1 Å². The molecule has 2 fully saturated rings. The van der Waals surface area contributed by atoms with Crippen LogP contribution < -0.4 is 10.6 Å². The number of aliphatic hydroxyl groups excluding tert-OH is 1. The van der Waals surface area contributed by atoms with Gasteiger partial charge >= 0.3 is 0 Å². The Kier molecular flexibility index (Phi) is 6.84. The number of carbonyl (C=O) groups is 1. The SMILES string of the molecule is O=C(CNCC1CC1)NCC1CCN(CC(O)c2ccccc2)CC1. The molecule has 25 heavy (non-hydrogen) atoms. The van der Waals surface area contributed by atoms with Crippen LogP contribution in [-0.2, 0) is 4.79 Å². The highest BCUT2D eigenvalue weighted by atomic mass is 16.3. The van der Waals surface area contributed by atoms with Crippen molar-refractivity contribution >= 4 is 5.91 Å². The number of nitrogens with one attached hydrogen (secondary N) is 2. The van der Waals surface area contributed by atoms with Crippen LogP contribution in [0.5, 0.6) is 0 Å². The first-order valence-corrected chi connectivity index (χ1v) is 9.63. The number of hydrogen-bond acceptors (Lipinski definition) is 4. The van der Waals surface area contributed by atoms with Crippen LogP contribution in [0.2, 0.25) is 0 Å². The molecule has 138 valence electrons. The van der Waals surface area contributed by atoms with Gasteiger partial charge in [-0.1, -0.05) is 30.3 Å². The van der Waals surface area contributed by atoms with E-state index in [-0.39, 0.29) is 5.91 Å². The largest absolute Gasteiger partial charge is 0.387 e. The van der Waals surface area contributed by atoms with Crippen LogP contribution >= 0.6 is 0 Å². The molecule has 2 aliphatic rings. The summed E-state index contributed by atoms with van der Waals surface area (Å²) in [6.07, 6.45) is 4.36. The summed E-state index contributed by atoms with van der Waals surface area (Å²) in [5.41, 5.74) is 0.982. The molecule has 0 radical (unpaired) electrons. The maximum absolute atomic E-state index is 11.8. The predicted octanol–water partition coefficient (Wildman–Crippen LogP) is 1.55. The molecule has 1 saturated heterocycles. The third kappa shape index (κ3) is 6.42. The third-order valence-corrected chi connectivity index (χ3v) is 5.33. The molecule has 1 atom stereocenters. The van der Waals surface area contributed by atoms with Gasteiger partial charge in [0.1, 0.15) is 0 Å². The summed E-state index contributed by atoms with van der Waals surface area (Å²) < 4.78 is 0. The molecule has 1 aromatic rings. The van der Waals surface area contributed by atoms with Crippen LogP contribution in [0.25, 0.3) is 0 Å². The standard InChI is InChI=1S/C20H31N3O2/c24-19(18-4-2-1-3-5-18)15-23-10-8-17(9-11-23)13-22-20(25)14-21-12-16-6-7-16/h1-5,16-17,19,21,24H,6-15H2,(H,22,25). The van der Waals surface area contributed by atoms with Gasteiger partial charge in [-0.3, -0.25) is 4.79 Å². The molecule has 1 aliphatic carbocycles. The van der Waals surface area contributed by atoms with E-state index in [9.17, 15) is 9.90 Å². The lowest BCUT2D eigenvalue weighted by atomic mass is 9.96. The lowest BCUT2D eigenvalue weighted by Crippen LogP contribution is -2.42. The van der Waals surface area contributed by atoms with Crippen molar-refractivity contribution in [3.05, 3.63) is 35.9 Å². The molecule has 1 aromatic carbocycles. The summed E-state index contributed by atoms with van der Waals surface area (Å²) in [7, 11) is 0. The molecular formula is C20H31N3O2. The number of amides is 1. The first-order chi connectivity index (χ1) is 12.2. The fourth-order valence-electron chi connectivity index (χ4n) is 3.43. The van der Waals surface area contributed by atoms with Crippen molar-refractivity contribution in [3.8, 4) is 0 Å². The van der Waals surface area contributed by atoms with Crippen LogP contribution in [0.4, 0.5) is 0 Å². The van der Waals surface area contributed by atoms with Crippen molar-refractivity contribution in [1.82, 2.24) is 15.5 Å². The van der Waals surface area contributed by atoms with Gasteiger partial charge < -0.3 is 20.6 Å². The Hall–Kier alpha value is -1.43. The highest BCUT2D eigenvalue weighted by Crippen LogP contribution is 2.27. The summed E-state index contributed by atoms with van der Waals surface area (Å²) in [6.45, 7) is 4.87. The van der Waals surface area contributed by atoms with E-state index in [1.165, 1.54) is 12.8 Å². The normalized spacial score (nSPS) is 20.4. The van der Waals surface area contributed by atoms with Gasteiger partial charge in [-0.15, -0.1) is 0 Å². The summed E-state index contributed by atoms with van der Waals surface area (Å²) in [5, 5.41) is 16.6. The molecule has 5 heteroatoms. The van der Waals surface area contributed by atoms with Crippen molar-refractivity contribution in [2.75, 3.05) is 39.3 Å². The van der Waals surface area contributed by atoms with Gasteiger partial charge in [0.05, 0.1) is 12.6 Å². The Bertz CT molecular complexity index is 525. The topological polar surface area (TPSA) is 64.6 Å². The second-order valence-corrected chi connectivity index (χ2v) is 7.55. The van der Waals surface area contributed by atoms with E-state index >= 15 is 0 Å². The number of carbonyl (C=O) groups excluding carboxylic acids is 1. The Labute approximate surface area is 150 Å². The van der Waals surface area contributed by atoms with E-state index in [1.807, 2.05) is 30.3 Å². The molecular weight excluding hydrogens is 314 g/mol. The van der Waals surface area contributed by atoms with Crippen molar-refractivity contribution in [3.63, 3.8) is 0 Å². The number of nitrogens with zero attached hydrogens (tertiary/aromatic N) is 1. The van der Waals surface area contributed by atoms with Crippen LogP contribution in [0.15, 0.2) is 30.3 Å². The zero-order valence-electron chi connectivity index (χ0n) is 15.0. The number of rotatable bonds is 9. The Morgan fingerprint density at radius 1 is 1.08 bits per heavy atom. The minimum atomic E-state index is -0.421. The quantitative estimate of drug-likeness (QED) is 0.635. The van der Waals surface area contributed by atoms with Crippen LogP contribution in [0.3, 0.4) is 0 Å². The van der Waals surface area contributed by atoms with Crippen LogP contribution in [0, 0.1) is 11.8 Å². The van der Waals surface area contributed by atoms with Gasteiger partial charge in [-0.05, 0) is 62.7 Å². The lowest BCUT2D eigenvalue weighted by Gasteiger charge is -2.33. The zero-order chi connectivity index (χ0) is 17.5. The van der Waals surface area contributed by atoms with Gasteiger partial charge in [0.2, 0.25) is 5.91 Å². The highest BCUT2D eigenvalue weighted by Gasteiger charge is 2.22. The van der Waals surface area contributed by atoms with E-state index in [0.29, 0.717) is 19.0 Å². The molecule has 0 aromatic heterocycles. The van der Waals surface area contributed by atoms with Gasteiger partial charge in [-0.25, -0.2) is 0 Å². The molecule has 3 rings (SSSR count). The van der Waals surface area contributed by atoms with Crippen LogP contribution in [0.1, 0.15) is 37.4 Å². The van der Waals surface area contributed by atoms with E-state index in [4.69, 9.17) is 0 Å². The summed E-state index contributed by atoms with van der Waals surface area (Å²) in [4.78, 5) is 14.2. The summed E-state index contributed by atoms with van der Waals surface area (Å²) in [6, 6.07) is 9.85. The molecule has 1 unspecified atom stereocenters. The number of aliphatic hydroxyl groups is 1. The Morgan fingerprint density at radius 3 is 2.44 bits per heavy atom. The zero-order valence-corrected chi connectivity index (χ0v) is 15.0. The molecule has 1 amide bonds. The Balaban J connectivity index is 1.28. The Morgan fingerprint density at radius 2 is 1.76 bits per heavy atom. The van der Waals surface area contributed by atoms with Gasteiger partial charge in [0.25, 0.3) is 0 Å². The van der Waals surface area contributed by atoms with Crippen molar-refractivity contribution in [1.29, 1.82) is 0 Å². The van der Waals surface area contributed by atoms with E-state index in [0.717, 1.165) is 50.5 Å².